The fourth-order valence-corrected chi connectivity index (χ4v) is 4.63. The molecular weight excluding hydrogens is 426 g/mol. The van der Waals surface area contributed by atoms with Crippen molar-refractivity contribution in [2.24, 2.45) is 11.8 Å². The highest BCUT2D eigenvalue weighted by Crippen LogP contribution is 2.46. The molecule has 0 aromatic heterocycles. The van der Waals surface area contributed by atoms with Gasteiger partial charge in [0, 0.05) is 22.9 Å². The van der Waals surface area contributed by atoms with Crippen LogP contribution in [0.5, 0.6) is 11.5 Å². The molecule has 1 N–H and O–H groups in total. The highest BCUT2D eigenvalue weighted by atomic mass is 16.5. The van der Waals surface area contributed by atoms with Crippen LogP contribution >= 0.6 is 0 Å². The molecule has 0 saturated heterocycles. The summed E-state index contributed by atoms with van der Waals surface area (Å²) in [6.07, 6.45) is 0.471. The number of ketones is 1. The fraction of sp³-hybridized carbons (Fsp3) is 0.480. The average molecular weight is 458 g/mol. The van der Waals surface area contributed by atoms with E-state index in [0.717, 1.165) is 0 Å². The summed E-state index contributed by atoms with van der Waals surface area (Å²) in [7, 11) is 2.80. The first-order valence-corrected chi connectivity index (χ1v) is 11.1. The van der Waals surface area contributed by atoms with Crippen molar-refractivity contribution in [2.75, 3.05) is 27.4 Å². The number of benzene rings is 1. The van der Waals surface area contributed by atoms with Crippen LogP contribution in [0.4, 0.5) is 0 Å². The molecule has 0 spiro atoms. The van der Waals surface area contributed by atoms with Crippen molar-refractivity contribution in [1.82, 2.24) is 5.32 Å². The van der Waals surface area contributed by atoms with E-state index in [1.54, 1.807) is 32.0 Å². The zero-order valence-electron chi connectivity index (χ0n) is 19.9. The lowest BCUT2D eigenvalue weighted by atomic mass is 9.69. The maximum Gasteiger partial charge on any atom is 0.336 e. The second-order valence-electron chi connectivity index (χ2n) is 8.10. The zero-order valence-corrected chi connectivity index (χ0v) is 19.9. The number of methoxy groups -OCH3 is 2. The van der Waals surface area contributed by atoms with E-state index in [9.17, 15) is 14.4 Å². The third-order valence-electron chi connectivity index (χ3n) is 6.06. The van der Waals surface area contributed by atoms with Gasteiger partial charge >= 0.3 is 11.9 Å². The summed E-state index contributed by atoms with van der Waals surface area (Å²) in [6.45, 7) is 7.89. The summed E-state index contributed by atoms with van der Waals surface area (Å²) in [6, 6.07) is 5.32. The van der Waals surface area contributed by atoms with Crippen molar-refractivity contribution in [1.29, 1.82) is 0 Å². The number of Topliss-reactive ketones (excluding diaryl/α,β-unsaturated/α-hetero) is 1. The molecular formula is C25H31NO7. The lowest BCUT2D eigenvalue weighted by Gasteiger charge is -2.38. The van der Waals surface area contributed by atoms with Gasteiger partial charge in [0.2, 0.25) is 0 Å². The summed E-state index contributed by atoms with van der Waals surface area (Å²) in [5.41, 5.74) is 2.69. The summed E-state index contributed by atoms with van der Waals surface area (Å²) < 4.78 is 21.4. The summed E-state index contributed by atoms with van der Waals surface area (Å²) in [5.74, 6) is -2.32. The Kier molecular flexibility index (Phi) is 7.46. The number of hydrogen-bond acceptors (Lipinski definition) is 8. The standard InChI is InChI=1S/C25H31NO7/c1-7-32-17-10-9-15(12-18(17)30-5)21-20(25(29)33-8-2)14(4)26-16-11-13(3)19(24(28)31-6)23(27)22(16)21/h9-10,12-13,19,21,26H,7-8,11H2,1-6H3/t13-,19+,21-/m0/s1. The van der Waals surface area contributed by atoms with Gasteiger partial charge in [-0.25, -0.2) is 4.79 Å². The van der Waals surface area contributed by atoms with Gasteiger partial charge in [0.15, 0.2) is 17.3 Å². The van der Waals surface area contributed by atoms with Crippen molar-refractivity contribution in [3.05, 3.63) is 46.3 Å². The van der Waals surface area contributed by atoms with Crippen LogP contribution in [-0.4, -0.2) is 45.2 Å². The molecule has 0 amide bonds. The van der Waals surface area contributed by atoms with E-state index in [4.69, 9.17) is 18.9 Å². The molecule has 33 heavy (non-hydrogen) atoms. The molecule has 8 heteroatoms. The summed E-state index contributed by atoms with van der Waals surface area (Å²) >= 11 is 0. The predicted molar refractivity (Wildman–Crippen MR) is 121 cm³/mol. The van der Waals surface area contributed by atoms with E-state index in [2.05, 4.69) is 5.32 Å². The van der Waals surface area contributed by atoms with E-state index >= 15 is 0 Å². The number of dihydropyridines is 1. The molecule has 1 aromatic rings. The molecule has 0 radical (unpaired) electrons. The molecule has 0 fully saturated rings. The van der Waals surface area contributed by atoms with Crippen LogP contribution < -0.4 is 14.8 Å². The molecule has 3 rings (SSSR count). The maximum atomic E-state index is 13.7. The normalized spacial score (nSPS) is 22.4. The fourth-order valence-electron chi connectivity index (χ4n) is 4.63. The zero-order chi connectivity index (χ0) is 24.3. The van der Waals surface area contributed by atoms with Gasteiger partial charge in [0.1, 0.15) is 5.92 Å². The van der Waals surface area contributed by atoms with Crippen LogP contribution in [0.15, 0.2) is 40.7 Å². The maximum absolute atomic E-state index is 13.7. The van der Waals surface area contributed by atoms with Crippen LogP contribution in [0.2, 0.25) is 0 Å². The predicted octanol–water partition coefficient (Wildman–Crippen LogP) is 3.27. The minimum Gasteiger partial charge on any atom is -0.493 e. The summed E-state index contributed by atoms with van der Waals surface area (Å²) in [4.78, 5) is 39.2. The lowest BCUT2D eigenvalue weighted by Crippen LogP contribution is -2.43. The Hall–Kier alpha value is -3.29. The Labute approximate surface area is 193 Å². The minimum atomic E-state index is -0.940. The van der Waals surface area contributed by atoms with Gasteiger partial charge in [-0.3, -0.25) is 9.59 Å². The van der Waals surface area contributed by atoms with Gasteiger partial charge in [-0.1, -0.05) is 13.0 Å². The number of allylic oxidation sites excluding steroid dienone is 3. The average Bonchev–Trinajstić information content (AvgIpc) is 2.78. The Balaban J connectivity index is 2.21. The van der Waals surface area contributed by atoms with Crippen molar-refractivity contribution < 1.29 is 33.3 Å². The number of ether oxygens (including phenoxy) is 4. The van der Waals surface area contributed by atoms with Crippen molar-refractivity contribution in [2.45, 2.75) is 40.0 Å². The van der Waals surface area contributed by atoms with Gasteiger partial charge in [-0.2, -0.15) is 0 Å². The molecule has 8 nitrogen and oxygen atoms in total. The molecule has 1 heterocycles. The first kappa shape index (κ1) is 24.4. The molecule has 0 unspecified atom stereocenters. The molecule has 0 saturated carbocycles. The molecule has 1 aliphatic heterocycles. The quantitative estimate of drug-likeness (QED) is 0.492. The Bertz CT molecular complexity index is 1020. The number of rotatable bonds is 7. The first-order valence-electron chi connectivity index (χ1n) is 11.1. The van der Waals surface area contributed by atoms with Gasteiger partial charge < -0.3 is 24.3 Å². The molecule has 178 valence electrons. The molecule has 2 aliphatic rings. The van der Waals surface area contributed by atoms with Crippen LogP contribution in [0, 0.1) is 11.8 Å². The van der Waals surface area contributed by atoms with Gasteiger partial charge in [0.25, 0.3) is 0 Å². The second kappa shape index (κ2) is 10.1. The third-order valence-corrected chi connectivity index (χ3v) is 6.06. The van der Waals surface area contributed by atoms with Gasteiger partial charge in [-0.15, -0.1) is 0 Å². The van der Waals surface area contributed by atoms with Crippen LogP contribution in [0.25, 0.3) is 0 Å². The summed E-state index contributed by atoms with van der Waals surface area (Å²) in [5, 5.41) is 3.24. The smallest absolute Gasteiger partial charge is 0.336 e. The SMILES string of the molecule is CCOC(=O)C1=C(C)NC2=C(C(=O)[C@H](C(=O)OC)[C@@H](C)C2)[C@H]1c1ccc(OCC)c(OC)c1. The molecule has 1 aromatic carbocycles. The Morgan fingerprint density at radius 1 is 1.12 bits per heavy atom. The highest BCUT2D eigenvalue weighted by Gasteiger charge is 2.47. The number of nitrogens with one attached hydrogen (secondary N) is 1. The molecule has 0 bridgehead atoms. The van der Waals surface area contributed by atoms with E-state index in [1.165, 1.54) is 14.2 Å². The van der Waals surface area contributed by atoms with Crippen molar-refractivity contribution in [3.8, 4) is 11.5 Å². The monoisotopic (exact) mass is 457 g/mol. The lowest BCUT2D eigenvalue weighted by molar-refractivity contribution is -0.151. The topological polar surface area (TPSA) is 100 Å². The van der Waals surface area contributed by atoms with Gasteiger partial charge in [0.05, 0.1) is 33.0 Å². The molecule has 3 atom stereocenters. The van der Waals surface area contributed by atoms with Crippen LogP contribution in [0.1, 0.15) is 45.6 Å². The van der Waals surface area contributed by atoms with E-state index in [0.29, 0.717) is 52.6 Å². The number of carbonyl (C=O) groups excluding carboxylic acids is 3. The Morgan fingerprint density at radius 2 is 1.85 bits per heavy atom. The largest absolute Gasteiger partial charge is 0.493 e. The first-order chi connectivity index (χ1) is 15.8. The van der Waals surface area contributed by atoms with Crippen molar-refractivity contribution in [3.63, 3.8) is 0 Å². The van der Waals surface area contributed by atoms with Crippen molar-refractivity contribution >= 4 is 17.7 Å². The number of carbonyl (C=O) groups is 3. The molecule has 1 aliphatic carbocycles. The van der Waals surface area contributed by atoms with Crippen LogP contribution in [0.3, 0.4) is 0 Å². The number of esters is 2. The van der Waals surface area contributed by atoms with E-state index in [-0.39, 0.29) is 18.3 Å². The van der Waals surface area contributed by atoms with Crippen LogP contribution in [-0.2, 0) is 23.9 Å². The Morgan fingerprint density at radius 3 is 2.45 bits per heavy atom. The van der Waals surface area contributed by atoms with E-state index in [1.807, 2.05) is 13.8 Å². The van der Waals surface area contributed by atoms with Gasteiger partial charge in [-0.05, 0) is 50.8 Å². The third kappa shape index (κ3) is 4.47. The highest BCUT2D eigenvalue weighted by molar-refractivity contribution is 6.12. The van der Waals surface area contributed by atoms with E-state index < -0.39 is 23.8 Å². The second-order valence-corrected chi connectivity index (χ2v) is 8.10. The number of hydrogen-bond donors (Lipinski definition) is 1. The minimum absolute atomic E-state index is 0.191.